The van der Waals surface area contributed by atoms with E-state index in [0.717, 1.165) is 24.8 Å². The number of carboxylic acid groups (broad SMARTS) is 1. The number of hydrogen-bond acceptors (Lipinski definition) is 2. The summed E-state index contributed by atoms with van der Waals surface area (Å²) in [6.07, 6.45) is 6.85. The van der Waals surface area contributed by atoms with Crippen LogP contribution in [0.5, 0.6) is 0 Å². The van der Waals surface area contributed by atoms with Gasteiger partial charge in [-0.1, -0.05) is 39.8 Å². The SMILES string of the molecule is COC1(C(C)=CC(=O)O)CCC2(c3cc4c(cc3C)C(C)(C)CCC4(C)C)CC12. The maximum Gasteiger partial charge on any atom is 0.328 e. The van der Waals surface area contributed by atoms with E-state index in [9.17, 15) is 9.90 Å². The second-order valence-electron chi connectivity index (χ2n) is 11.2. The molecule has 1 aromatic rings. The van der Waals surface area contributed by atoms with E-state index >= 15 is 0 Å². The van der Waals surface area contributed by atoms with Crippen LogP contribution in [0, 0.1) is 12.8 Å². The van der Waals surface area contributed by atoms with Gasteiger partial charge < -0.3 is 9.84 Å². The van der Waals surface area contributed by atoms with Crippen molar-refractivity contribution < 1.29 is 14.6 Å². The maximum absolute atomic E-state index is 11.3. The van der Waals surface area contributed by atoms with Crippen molar-refractivity contribution in [2.75, 3.05) is 7.11 Å². The van der Waals surface area contributed by atoms with E-state index in [4.69, 9.17) is 4.74 Å². The lowest BCUT2D eigenvalue weighted by atomic mass is 9.62. The molecule has 1 N–H and O–H groups in total. The fourth-order valence-corrected chi connectivity index (χ4v) is 6.65. The van der Waals surface area contributed by atoms with E-state index in [1.165, 1.54) is 41.2 Å². The van der Waals surface area contributed by atoms with Gasteiger partial charge in [0.15, 0.2) is 0 Å². The molecule has 2 fully saturated rings. The standard InChI is InChI=1S/C26H36O3/c1-16-12-19-20(24(5,6)9-8-23(19,3)4)14-18(16)25-10-11-26(29-7,21(25)15-25)17(2)13-22(27)28/h12-14,21H,8-11,15H2,1-7H3,(H,27,28). The van der Waals surface area contributed by atoms with Crippen LogP contribution in [0.15, 0.2) is 23.8 Å². The number of rotatable bonds is 4. The molecule has 4 rings (SSSR count). The Balaban J connectivity index is 1.80. The van der Waals surface area contributed by atoms with Crippen molar-refractivity contribution in [1.82, 2.24) is 0 Å². The molecule has 0 bridgehead atoms. The van der Waals surface area contributed by atoms with Crippen LogP contribution in [0.4, 0.5) is 0 Å². The van der Waals surface area contributed by atoms with Crippen LogP contribution in [-0.2, 0) is 25.8 Å². The number of methoxy groups -OCH3 is 1. The van der Waals surface area contributed by atoms with Crippen LogP contribution in [-0.4, -0.2) is 23.8 Å². The molecule has 29 heavy (non-hydrogen) atoms. The predicted molar refractivity (Wildman–Crippen MR) is 117 cm³/mol. The summed E-state index contributed by atoms with van der Waals surface area (Å²) in [5.74, 6) is -0.516. The van der Waals surface area contributed by atoms with Crippen molar-refractivity contribution in [1.29, 1.82) is 0 Å². The third-order valence-electron chi connectivity index (χ3n) is 8.69. The van der Waals surface area contributed by atoms with Crippen molar-refractivity contribution in [3.63, 3.8) is 0 Å². The summed E-state index contributed by atoms with van der Waals surface area (Å²) in [4.78, 5) is 11.3. The first-order chi connectivity index (χ1) is 13.4. The highest BCUT2D eigenvalue weighted by Crippen LogP contribution is 2.71. The van der Waals surface area contributed by atoms with Gasteiger partial charge >= 0.3 is 5.97 Å². The van der Waals surface area contributed by atoms with Crippen LogP contribution in [0.1, 0.15) is 89.0 Å². The van der Waals surface area contributed by atoms with Gasteiger partial charge in [0.05, 0.1) is 5.60 Å². The minimum absolute atomic E-state index is 0.139. The summed E-state index contributed by atoms with van der Waals surface area (Å²) in [7, 11) is 1.75. The zero-order chi connectivity index (χ0) is 21.4. The molecular weight excluding hydrogens is 360 g/mol. The Bertz CT molecular complexity index is 907. The monoisotopic (exact) mass is 396 g/mol. The highest BCUT2D eigenvalue weighted by atomic mass is 16.5. The summed E-state index contributed by atoms with van der Waals surface area (Å²) in [6.45, 7) is 13.7. The molecule has 3 unspecified atom stereocenters. The number of aryl methyl sites for hydroxylation is 1. The van der Waals surface area contributed by atoms with Gasteiger partial charge in [-0.3, -0.25) is 0 Å². The van der Waals surface area contributed by atoms with Crippen molar-refractivity contribution in [2.45, 2.75) is 95.5 Å². The number of carboxylic acids is 1. The van der Waals surface area contributed by atoms with Gasteiger partial charge in [0, 0.05) is 24.5 Å². The van der Waals surface area contributed by atoms with Gasteiger partial charge in [0.1, 0.15) is 0 Å². The van der Waals surface area contributed by atoms with Gasteiger partial charge in [-0.05, 0) is 84.6 Å². The van der Waals surface area contributed by atoms with Crippen molar-refractivity contribution in [3.8, 4) is 0 Å². The van der Waals surface area contributed by atoms with E-state index < -0.39 is 11.6 Å². The third kappa shape index (κ3) is 2.84. The molecule has 0 spiro atoms. The summed E-state index contributed by atoms with van der Waals surface area (Å²) in [6, 6.07) is 4.98. The lowest BCUT2D eigenvalue weighted by Gasteiger charge is -2.43. The Kier molecular flexibility index (Phi) is 4.41. The molecule has 3 nitrogen and oxygen atoms in total. The van der Waals surface area contributed by atoms with Crippen LogP contribution < -0.4 is 0 Å². The second-order valence-corrected chi connectivity index (χ2v) is 11.2. The number of benzene rings is 1. The Morgan fingerprint density at radius 2 is 1.62 bits per heavy atom. The summed E-state index contributed by atoms with van der Waals surface area (Å²) >= 11 is 0. The smallest absolute Gasteiger partial charge is 0.328 e. The third-order valence-corrected chi connectivity index (χ3v) is 8.69. The van der Waals surface area contributed by atoms with Gasteiger partial charge in [-0.2, -0.15) is 0 Å². The van der Waals surface area contributed by atoms with Crippen molar-refractivity contribution in [3.05, 3.63) is 46.0 Å². The molecular formula is C26H36O3. The number of hydrogen-bond donors (Lipinski definition) is 1. The van der Waals surface area contributed by atoms with Gasteiger partial charge in [-0.15, -0.1) is 0 Å². The highest BCUT2D eigenvalue weighted by Gasteiger charge is 2.70. The van der Waals surface area contributed by atoms with E-state index in [1.54, 1.807) is 7.11 Å². The first-order valence-electron chi connectivity index (χ1n) is 11.0. The molecule has 2 saturated carbocycles. The summed E-state index contributed by atoms with van der Waals surface area (Å²) in [5.41, 5.74) is 6.89. The molecule has 0 aromatic heterocycles. The number of carbonyl (C=O) groups is 1. The highest BCUT2D eigenvalue weighted by molar-refractivity contribution is 5.81. The van der Waals surface area contributed by atoms with Gasteiger partial charge in [-0.25, -0.2) is 4.79 Å². The fraction of sp³-hybridized carbons (Fsp3) is 0.654. The average Bonchev–Trinajstić information content (AvgIpc) is 3.27. The first kappa shape index (κ1) is 20.7. The van der Waals surface area contributed by atoms with Crippen LogP contribution in [0.3, 0.4) is 0 Å². The largest absolute Gasteiger partial charge is 0.478 e. The number of ether oxygens (including phenoxy) is 1. The molecule has 0 radical (unpaired) electrons. The Labute approximate surface area is 175 Å². The molecule has 158 valence electrons. The molecule has 3 aliphatic rings. The Hall–Kier alpha value is -1.61. The molecule has 3 heteroatoms. The minimum atomic E-state index is -0.883. The minimum Gasteiger partial charge on any atom is -0.478 e. The van der Waals surface area contributed by atoms with Crippen molar-refractivity contribution in [2.24, 2.45) is 5.92 Å². The fourth-order valence-electron chi connectivity index (χ4n) is 6.65. The van der Waals surface area contributed by atoms with E-state index in [0.29, 0.717) is 5.92 Å². The Morgan fingerprint density at radius 3 is 2.14 bits per heavy atom. The topological polar surface area (TPSA) is 46.5 Å². The van der Waals surface area contributed by atoms with Gasteiger partial charge in [0.25, 0.3) is 0 Å². The summed E-state index contributed by atoms with van der Waals surface area (Å²) < 4.78 is 6.06. The van der Waals surface area contributed by atoms with Crippen LogP contribution in [0.2, 0.25) is 0 Å². The molecule has 0 heterocycles. The van der Waals surface area contributed by atoms with Crippen molar-refractivity contribution >= 4 is 5.97 Å². The number of fused-ring (bicyclic) bond motifs is 2. The average molecular weight is 397 g/mol. The molecule has 3 aliphatic carbocycles. The Morgan fingerprint density at radius 1 is 1.03 bits per heavy atom. The lowest BCUT2D eigenvalue weighted by molar-refractivity contribution is -0.131. The quantitative estimate of drug-likeness (QED) is 0.653. The predicted octanol–water partition coefficient (Wildman–Crippen LogP) is 5.81. The lowest BCUT2D eigenvalue weighted by Crippen LogP contribution is -2.35. The van der Waals surface area contributed by atoms with E-state index in [-0.39, 0.29) is 16.2 Å². The molecule has 1 aromatic carbocycles. The first-order valence-corrected chi connectivity index (χ1v) is 11.0. The molecule has 0 aliphatic heterocycles. The van der Waals surface area contributed by atoms with Crippen LogP contribution in [0.25, 0.3) is 0 Å². The van der Waals surface area contributed by atoms with Crippen LogP contribution >= 0.6 is 0 Å². The number of aliphatic carboxylic acids is 1. The maximum atomic E-state index is 11.3. The van der Waals surface area contributed by atoms with E-state index in [2.05, 4.69) is 46.8 Å². The molecule has 0 amide bonds. The zero-order valence-electron chi connectivity index (χ0n) is 19.1. The normalized spacial score (nSPS) is 34.4. The van der Waals surface area contributed by atoms with Gasteiger partial charge in [0.2, 0.25) is 0 Å². The summed E-state index contributed by atoms with van der Waals surface area (Å²) in [5, 5.41) is 9.29. The molecule has 0 saturated heterocycles. The zero-order valence-corrected chi connectivity index (χ0v) is 19.1. The van der Waals surface area contributed by atoms with E-state index in [1.807, 2.05) is 6.92 Å². The molecule has 3 atom stereocenters. The second kappa shape index (κ2) is 6.20.